The summed E-state index contributed by atoms with van der Waals surface area (Å²) in [7, 11) is 0. The van der Waals surface area contributed by atoms with Crippen molar-refractivity contribution in [2.45, 2.75) is 46.0 Å². The van der Waals surface area contributed by atoms with Crippen LogP contribution in [-0.4, -0.2) is 5.78 Å². The number of hydrogen-bond acceptors (Lipinski definition) is 1. The van der Waals surface area contributed by atoms with Gasteiger partial charge in [-0.3, -0.25) is 4.79 Å². The highest BCUT2D eigenvalue weighted by atomic mass is 16.1. The lowest BCUT2D eigenvalue weighted by molar-refractivity contribution is 0.0944. The summed E-state index contributed by atoms with van der Waals surface area (Å²) in [5.41, 5.74) is 3.75. The van der Waals surface area contributed by atoms with E-state index >= 15 is 0 Å². The Balaban J connectivity index is 1.58. The predicted octanol–water partition coefficient (Wildman–Crippen LogP) is 4.29. The Hall–Kier alpha value is -1.11. The lowest BCUT2D eigenvalue weighted by Gasteiger charge is -2.11. The molecular formula is C19H24O. The first kappa shape index (κ1) is 12.6. The van der Waals surface area contributed by atoms with E-state index in [1.54, 1.807) is 0 Å². The highest BCUT2D eigenvalue weighted by Crippen LogP contribution is 2.69. The van der Waals surface area contributed by atoms with E-state index in [2.05, 4.69) is 32.0 Å². The fourth-order valence-corrected chi connectivity index (χ4v) is 5.32. The van der Waals surface area contributed by atoms with Crippen molar-refractivity contribution in [3.8, 4) is 0 Å². The SMILES string of the molecule is CCc1ccc(C(=O)C2C3C4CCC(C4)C23)cc1CC. The molecule has 0 heterocycles. The Morgan fingerprint density at radius 1 is 1.05 bits per heavy atom. The van der Waals surface area contributed by atoms with Crippen molar-refractivity contribution < 1.29 is 4.79 Å². The molecule has 2 bridgehead atoms. The van der Waals surface area contributed by atoms with Gasteiger partial charge in [-0.25, -0.2) is 0 Å². The van der Waals surface area contributed by atoms with Gasteiger partial charge in [0.1, 0.15) is 0 Å². The van der Waals surface area contributed by atoms with Crippen molar-refractivity contribution >= 4 is 5.78 Å². The molecule has 4 atom stereocenters. The number of rotatable bonds is 4. The van der Waals surface area contributed by atoms with Crippen molar-refractivity contribution in [1.29, 1.82) is 0 Å². The summed E-state index contributed by atoms with van der Waals surface area (Å²) in [6.07, 6.45) is 6.31. The molecule has 3 fully saturated rings. The number of hydrogen-bond donors (Lipinski definition) is 0. The van der Waals surface area contributed by atoms with Crippen LogP contribution in [0.1, 0.15) is 54.6 Å². The van der Waals surface area contributed by atoms with Crippen LogP contribution in [0.3, 0.4) is 0 Å². The molecule has 3 aliphatic carbocycles. The second-order valence-corrected chi connectivity index (χ2v) is 7.07. The first-order valence-electron chi connectivity index (χ1n) is 8.40. The molecule has 4 unspecified atom stereocenters. The topological polar surface area (TPSA) is 17.1 Å². The molecule has 1 heteroatoms. The normalized spacial score (nSPS) is 37.0. The highest BCUT2D eigenvalue weighted by Gasteiger charge is 2.67. The molecule has 3 aliphatic rings. The first-order valence-corrected chi connectivity index (χ1v) is 8.40. The van der Waals surface area contributed by atoms with E-state index in [1.165, 1.54) is 30.4 Å². The second kappa shape index (κ2) is 4.44. The van der Waals surface area contributed by atoms with Gasteiger partial charge in [0.15, 0.2) is 5.78 Å². The van der Waals surface area contributed by atoms with E-state index in [-0.39, 0.29) is 0 Å². The minimum atomic E-state index is 0.387. The number of ketones is 1. The Kier molecular flexibility index (Phi) is 2.80. The maximum atomic E-state index is 12.8. The third-order valence-corrected chi connectivity index (χ3v) is 6.29. The zero-order valence-electron chi connectivity index (χ0n) is 12.6. The van der Waals surface area contributed by atoms with Crippen LogP contribution < -0.4 is 0 Å². The molecule has 0 saturated heterocycles. The second-order valence-electron chi connectivity index (χ2n) is 7.07. The molecule has 0 amide bonds. The molecule has 106 valence electrons. The van der Waals surface area contributed by atoms with Gasteiger partial charge in [-0.15, -0.1) is 0 Å². The minimum Gasteiger partial charge on any atom is -0.294 e. The van der Waals surface area contributed by atoms with E-state index in [4.69, 9.17) is 0 Å². The average Bonchev–Trinajstić information content (AvgIpc) is 2.92. The summed E-state index contributed by atoms with van der Waals surface area (Å²) < 4.78 is 0. The summed E-state index contributed by atoms with van der Waals surface area (Å²) in [5.74, 6) is 4.14. The Morgan fingerprint density at radius 2 is 1.70 bits per heavy atom. The smallest absolute Gasteiger partial charge is 0.166 e. The van der Waals surface area contributed by atoms with Gasteiger partial charge in [0, 0.05) is 11.5 Å². The maximum Gasteiger partial charge on any atom is 0.166 e. The van der Waals surface area contributed by atoms with Crippen molar-refractivity contribution in [2.75, 3.05) is 0 Å². The van der Waals surface area contributed by atoms with Gasteiger partial charge in [-0.05, 0) is 73.0 Å². The Morgan fingerprint density at radius 3 is 2.30 bits per heavy atom. The van der Waals surface area contributed by atoms with Crippen molar-refractivity contribution in [3.63, 3.8) is 0 Å². The predicted molar refractivity (Wildman–Crippen MR) is 80.8 cm³/mol. The van der Waals surface area contributed by atoms with Crippen molar-refractivity contribution in [1.82, 2.24) is 0 Å². The van der Waals surface area contributed by atoms with Crippen LogP contribution in [0.2, 0.25) is 0 Å². The van der Waals surface area contributed by atoms with Gasteiger partial charge in [0.2, 0.25) is 0 Å². The number of aryl methyl sites for hydroxylation is 2. The molecule has 20 heavy (non-hydrogen) atoms. The molecule has 1 aromatic carbocycles. The van der Waals surface area contributed by atoms with E-state index < -0.39 is 0 Å². The maximum absolute atomic E-state index is 12.8. The molecule has 0 aliphatic heterocycles. The summed E-state index contributed by atoms with van der Waals surface area (Å²) in [6.45, 7) is 4.38. The van der Waals surface area contributed by atoms with Crippen LogP contribution in [0.4, 0.5) is 0 Å². The minimum absolute atomic E-state index is 0.387. The Labute approximate surface area is 121 Å². The van der Waals surface area contributed by atoms with Gasteiger partial charge in [-0.1, -0.05) is 26.0 Å². The Bertz CT molecular complexity index is 543. The van der Waals surface area contributed by atoms with Crippen molar-refractivity contribution in [2.24, 2.45) is 29.6 Å². The molecule has 0 spiro atoms. The third kappa shape index (κ3) is 1.65. The number of Topliss-reactive ketones (excluding diaryl/α,β-unsaturated/α-hetero) is 1. The van der Waals surface area contributed by atoms with E-state index in [1.807, 2.05) is 0 Å². The summed E-state index contributed by atoms with van der Waals surface area (Å²) in [4.78, 5) is 12.8. The molecule has 3 saturated carbocycles. The monoisotopic (exact) mass is 268 g/mol. The highest BCUT2D eigenvalue weighted by molar-refractivity contribution is 6.00. The van der Waals surface area contributed by atoms with Crippen LogP contribution in [0.25, 0.3) is 0 Å². The molecule has 0 N–H and O–H groups in total. The molecule has 1 nitrogen and oxygen atoms in total. The van der Waals surface area contributed by atoms with E-state index in [9.17, 15) is 4.79 Å². The zero-order chi connectivity index (χ0) is 13.9. The lowest BCUT2D eigenvalue weighted by Crippen LogP contribution is -2.10. The number of carbonyl (C=O) groups is 1. The standard InChI is InChI=1S/C19H24O/c1-3-11-5-8-15(9-12(11)4-2)19(20)18-16-13-6-7-14(10-13)17(16)18/h5,8-9,13-14,16-18H,3-4,6-7,10H2,1-2H3. The van der Waals surface area contributed by atoms with Gasteiger partial charge in [-0.2, -0.15) is 0 Å². The first-order chi connectivity index (χ1) is 9.74. The number of fused-ring (bicyclic) bond motifs is 5. The average molecular weight is 268 g/mol. The molecular weight excluding hydrogens is 244 g/mol. The quantitative estimate of drug-likeness (QED) is 0.745. The van der Waals surface area contributed by atoms with Gasteiger partial charge < -0.3 is 0 Å². The lowest BCUT2D eigenvalue weighted by atomic mass is 9.93. The van der Waals surface area contributed by atoms with Crippen LogP contribution in [-0.2, 0) is 12.8 Å². The summed E-state index contributed by atoms with van der Waals surface area (Å²) in [5, 5.41) is 0. The van der Waals surface area contributed by atoms with Crippen LogP contribution in [0.5, 0.6) is 0 Å². The molecule has 4 rings (SSSR count). The van der Waals surface area contributed by atoms with Crippen molar-refractivity contribution in [3.05, 3.63) is 34.9 Å². The molecule has 0 radical (unpaired) electrons. The molecule has 0 aromatic heterocycles. The van der Waals surface area contributed by atoms with Gasteiger partial charge in [0.05, 0.1) is 0 Å². The van der Waals surface area contributed by atoms with Crippen LogP contribution in [0, 0.1) is 29.6 Å². The van der Waals surface area contributed by atoms with Gasteiger partial charge >= 0.3 is 0 Å². The fourth-order valence-electron chi connectivity index (χ4n) is 5.32. The largest absolute Gasteiger partial charge is 0.294 e. The third-order valence-electron chi connectivity index (χ3n) is 6.29. The number of carbonyl (C=O) groups excluding carboxylic acids is 1. The van der Waals surface area contributed by atoms with Gasteiger partial charge in [0.25, 0.3) is 0 Å². The van der Waals surface area contributed by atoms with Crippen LogP contribution >= 0.6 is 0 Å². The fraction of sp³-hybridized carbons (Fsp3) is 0.632. The molecule has 1 aromatic rings. The zero-order valence-corrected chi connectivity index (χ0v) is 12.6. The number of benzene rings is 1. The van der Waals surface area contributed by atoms with E-state index in [0.717, 1.165) is 42.1 Å². The van der Waals surface area contributed by atoms with E-state index in [0.29, 0.717) is 11.7 Å². The summed E-state index contributed by atoms with van der Waals surface area (Å²) in [6, 6.07) is 6.44. The van der Waals surface area contributed by atoms with Crippen LogP contribution in [0.15, 0.2) is 18.2 Å². The summed E-state index contributed by atoms with van der Waals surface area (Å²) >= 11 is 0.